The Bertz CT molecular complexity index is 661. The number of aromatic nitrogens is 2. The van der Waals surface area contributed by atoms with Crippen molar-refractivity contribution in [1.82, 2.24) is 14.9 Å². The molecule has 0 amide bonds. The molecule has 0 saturated carbocycles. The van der Waals surface area contributed by atoms with E-state index >= 15 is 0 Å². The molecule has 0 spiro atoms. The number of nitrogens with zero attached hydrogens (tertiary/aromatic N) is 2. The summed E-state index contributed by atoms with van der Waals surface area (Å²) in [5, 5.41) is 0. The normalized spacial score (nSPS) is 14.8. The van der Waals surface area contributed by atoms with Crippen LogP contribution < -0.4 is 5.56 Å². The zero-order valence-corrected chi connectivity index (χ0v) is 11.9. The maximum atomic E-state index is 12.1. The Morgan fingerprint density at radius 2 is 2.00 bits per heavy atom. The number of hydrogen-bond acceptors (Lipinski definition) is 3. The molecule has 104 valence electrons. The van der Waals surface area contributed by atoms with Gasteiger partial charge in [-0.25, -0.2) is 4.98 Å². The van der Waals surface area contributed by atoms with E-state index in [1.165, 1.54) is 5.56 Å². The van der Waals surface area contributed by atoms with E-state index in [0.29, 0.717) is 6.54 Å². The third-order valence-electron chi connectivity index (χ3n) is 3.67. The lowest BCUT2D eigenvalue weighted by atomic mass is 10.2. The molecule has 2 heterocycles. The third kappa shape index (κ3) is 2.51. The average molecular weight is 269 g/mol. The summed E-state index contributed by atoms with van der Waals surface area (Å²) in [6, 6.07) is 10.3. The molecule has 0 bridgehead atoms. The fraction of sp³-hybridized carbons (Fsp3) is 0.375. The quantitative estimate of drug-likeness (QED) is 0.931. The SMILES string of the molecule is CC(C)c1nc2c(c(=O)[nH]1)CN(Cc1ccccc1)C2. The van der Waals surface area contributed by atoms with Gasteiger partial charge in [-0.05, 0) is 5.56 Å². The number of rotatable bonds is 3. The van der Waals surface area contributed by atoms with Crippen LogP contribution in [0.5, 0.6) is 0 Å². The zero-order valence-electron chi connectivity index (χ0n) is 11.9. The topological polar surface area (TPSA) is 49.0 Å². The highest BCUT2D eigenvalue weighted by Gasteiger charge is 2.24. The lowest BCUT2D eigenvalue weighted by molar-refractivity contribution is 0.273. The van der Waals surface area contributed by atoms with Crippen LogP contribution in [0, 0.1) is 0 Å². The molecule has 0 fully saturated rings. The van der Waals surface area contributed by atoms with Gasteiger partial charge in [-0.2, -0.15) is 0 Å². The smallest absolute Gasteiger partial charge is 0.255 e. The van der Waals surface area contributed by atoms with Gasteiger partial charge in [-0.15, -0.1) is 0 Å². The first-order chi connectivity index (χ1) is 9.63. The second kappa shape index (κ2) is 5.21. The van der Waals surface area contributed by atoms with Gasteiger partial charge in [0.05, 0.1) is 11.3 Å². The summed E-state index contributed by atoms with van der Waals surface area (Å²) >= 11 is 0. The van der Waals surface area contributed by atoms with Crippen LogP contribution in [-0.4, -0.2) is 14.9 Å². The molecule has 1 aliphatic heterocycles. The van der Waals surface area contributed by atoms with E-state index in [0.717, 1.165) is 30.2 Å². The molecule has 0 atom stereocenters. The van der Waals surface area contributed by atoms with Crippen LogP contribution in [0.3, 0.4) is 0 Å². The predicted octanol–water partition coefficient (Wildman–Crippen LogP) is 2.41. The third-order valence-corrected chi connectivity index (χ3v) is 3.67. The molecular weight excluding hydrogens is 250 g/mol. The molecule has 1 aromatic heterocycles. The highest BCUT2D eigenvalue weighted by Crippen LogP contribution is 2.21. The molecule has 0 radical (unpaired) electrons. The molecule has 0 unspecified atom stereocenters. The maximum Gasteiger partial charge on any atom is 0.255 e. The van der Waals surface area contributed by atoms with Crippen molar-refractivity contribution in [3.8, 4) is 0 Å². The Hall–Kier alpha value is -1.94. The van der Waals surface area contributed by atoms with Gasteiger partial charge in [-0.3, -0.25) is 9.69 Å². The van der Waals surface area contributed by atoms with Crippen LogP contribution in [0.1, 0.15) is 42.4 Å². The van der Waals surface area contributed by atoms with Gasteiger partial charge in [0.1, 0.15) is 5.82 Å². The van der Waals surface area contributed by atoms with Crippen molar-refractivity contribution in [2.24, 2.45) is 0 Å². The van der Waals surface area contributed by atoms with E-state index in [1.54, 1.807) is 0 Å². The number of hydrogen-bond donors (Lipinski definition) is 1. The monoisotopic (exact) mass is 269 g/mol. The van der Waals surface area contributed by atoms with Crippen molar-refractivity contribution in [3.05, 3.63) is 63.3 Å². The van der Waals surface area contributed by atoms with Crippen molar-refractivity contribution < 1.29 is 0 Å². The lowest BCUT2D eigenvalue weighted by Gasteiger charge is -2.13. The van der Waals surface area contributed by atoms with Gasteiger partial charge < -0.3 is 4.98 Å². The highest BCUT2D eigenvalue weighted by molar-refractivity contribution is 5.24. The Kier molecular flexibility index (Phi) is 3.40. The molecule has 4 heteroatoms. The molecule has 20 heavy (non-hydrogen) atoms. The van der Waals surface area contributed by atoms with Crippen molar-refractivity contribution >= 4 is 0 Å². The van der Waals surface area contributed by atoms with Crippen LogP contribution in [0.4, 0.5) is 0 Å². The zero-order chi connectivity index (χ0) is 14.1. The number of benzene rings is 1. The summed E-state index contributed by atoms with van der Waals surface area (Å²) in [7, 11) is 0. The molecule has 1 N–H and O–H groups in total. The van der Waals surface area contributed by atoms with Gasteiger partial charge >= 0.3 is 0 Å². The standard InChI is InChI=1S/C16H19N3O/c1-11(2)15-17-14-10-19(9-13(14)16(20)18-15)8-12-6-4-3-5-7-12/h3-7,11H,8-10H2,1-2H3,(H,17,18,20). The summed E-state index contributed by atoms with van der Waals surface area (Å²) < 4.78 is 0. The number of aromatic amines is 1. The summed E-state index contributed by atoms with van der Waals surface area (Å²) in [5.74, 6) is 1.03. The first-order valence-corrected chi connectivity index (χ1v) is 7.01. The summed E-state index contributed by atoms with van der Waals surface area (Å²) in [5.41, 5.74) is 3.05. The molecular formula is C16H19N3O. The second-order valence-corrected chi connectivity index (χ2v) is 5.66. The first-order valence-electron chi connectivity index (χ1n) is 7.01. The van der Waals surface area contributed by atoms with Crippen molar-refractivity contribution in [2.45, 2.75) is 39.4 Å². The van der Waals surface area contributed by atoms with Crippen LogP contribution in [0.25, 0.3) is 0 Å². The van der Waals surface area contributed by atoms with Crippen molar-refractivity contribution in [3.63, 3.8) is 0 Å². The highest BCUT2D eigenvalue weighted by atomic mass is 16.1. The second-order valence-electron chi connectivity index (χ2n) is 5.66. The number of fused-ring (bicyclic) bond motifs is 1. The van der Waals surface area contributed by atoms with Gasteiger partial charge in [0.25, 0.3) is 5.56 Å². The molecule has 1 aromatic carbocycles. The van der Waals surface area contributed by atoms with Crippen molar-refractivity contribution in [1.29, 1.82) is 0 Å². The summed E-state index contributed by atoms with van der Waals surface area (Å²) in [6.45, 7) is 6.38. The van der Waals surface area contributed by atoms with E-state index in [2.05, 4.69) is 27.0 Å². The molecule has 2 aromatic rings. The Balaban J connectivity index is 1.82. The van der Waals surface area contributed by atoms with Gasteiger partial charge in [0.2, 0.25) is 0 Å². The summed E-state index contributed by atoms with van der Waals surface area (Å²) in [6.07, 6.45) is 0. The molecule has 0 saturated heterocycles. The van der Waals surface area contributed by atoms with E-state index in [4.69, 9.17) is 0 Å². The molecule has 0 aliphatic carbocycles. The van der Waals surface area contributed by atoms with Crippen molar-refractivity contribution in [2.75, 3.05) is 0 Å². The minimum atomic E-state index is 0.0225. The fourth-order valence-electron chi connectivity index (χ4n) is 2.58. The first kappa shape index (κ1) is 13.1. The van der Waals surface area contributed by atoms with Gasteiger partial charge in [-0.1, -0.05) is 44.2 Å². The minimum Gasteiger partial charge on any atom is -0.310 e. The molecule has 1 aliphatic rings. The lowest BCUT2D eigenvalue weighted by Crippen LogP contribution is -2.19. The van der Waals surface area contributed by atoms with E-state index in [1.807, 2.05) is 32.0 Å². The van der Waals surface area contributed by atoms with Crippen LogP contribution in [0.15, 0.2) is 35.1 Å². The van der Waals surface area contributed by atoms with Gasteiger partial charge in [0, 0.05) is 25.6 Å². The Labute approximate surface area is 118 Å². The minimum absolute atomic E-state index is 0.0225. The van der Waals surface area contributed by atoms with Crippen LogP contribution in [0.2, 0.25) is 0 Å². The molecule has 3 rings (SSSR count). The van der Waals surface area contributed by atoms with Crippen LogP contribution >= 0.6 is 0 Å². The maximum absolute atomic E-state index is 12.1. The van der Waals surface area contributed by atoms with E-state index in [9.17, 15) is 4.79 Å². The largest absolute Gasteiger partial charge is 0.310 e. The van der Waals surface area contributed by atoms with E-state index < -0.39 is 0 Å². The van der Waals surface area contributed by atoms with E-state index in [-0.39, 0.29) is 11.5 Å². The Morgan fingerprint density at radius 3 is 2.70 bits per heavy atom. The summed E-state index contributed by atoms with van der Waals surface area (Å²) in [4.78, 5) is 21.9. The number of H-pyrrole nitrogens is 1. The van der Waals surface area contributed by atoms with Crippen LogP contribution in [-0.2, 0) is 19.6 Å². The Morgan fingerprint density at radius 1 is 1.25 bits per heavy atom. The van der Waals surface area contributed by atoms with Gasteiger partial charge in [0.15, 0.2) is 0 Å². The molecule has 4 nitrogen and oxygen atoms in total. The fourth-order valence-corrected chi connectivity index (χ4v) is 2.58. The average Bonchev–Trinajstić information content (AvgIpc) is 2.83. The number of nitrogens with one attached hydrogen (secondary N) is 1. The predicted molar refractivity (Wildman–Crippen MR) is 78.3 cm³/mol.